The number of aromatic nitrogens is 1. The molecule has 6 heteroatoms. The number of hydrogen-bond donors (Lipinski definition) is 1. The molecule has 1 aromatic heterocycles. The van der Waals surface area contributed by atoms with E-state index >= 15 is 0 Å². The maximum Gasteiger partial charge on any atom is 0.329 e. The molecular weight excluding hydrogens is 306 g/mol. The van der Waals surface area contributed by atoms with Gasteiger partial charge in [-0.3, -0.25) is 9.59 Å². The lowest BCUT2D eigenvalue weighted by Crippen LogP contribution is -2.43. The number of benzene rings is 1. The Labute approximate surface area is 141 Å². The fraction of sp³-hybridized carbons (Fsp3) is 0.278. The highest BCUT2D eigenvalue weighted by Crippen LogP contribution is 2.28. The summed E-state index contributed by atoms with van der Waals surface area (Å²) in [6.07, 6.45) is 1.60. The van der Waals surface area contributed by atoms with Crippen LogP contribution in [-0.2, 0) is 9.63 Å². The largest absolute Gasteiger partial charge is 0.341 e. The van der Waals surface area contributed by atoms with Gasteiger partial charge in [-0.05, 0) is 45.0 Å². The first kappa shape index (κ1) is 17.5. The first-order chi connectivity index (χ1) is 11.3. The van der Waals surface area contributed by atoms with Crippen LogP contribution in [0.1, 0.15) is 38.1 Å². The lowest BCUT2D eigenvalue weighted by atomic mass is 10.1. The van der Waals surface area contributed by atoms with Gasteiger partial charge in [0.05, 0.1) is 16.8 Å². The first-order valence-corrected chi connectivity index (χ1v) is 7.59. The monoisotopic (exact) mass is 327 g/mol. The van der Waals surface area contributed by atoms with Crippen molar-refractivity contribution in [3.05, 3.63) is 54.2 Å². The smallest absolute Gasteiger partial charge is 0.329 e. The van der Waals surface area contributed by atoms with Gasteiger partial charge in [0.1, 0.15) is 5.82 Å². The second-order valence-electron chi connectivity index (χ2n) is 6.23. The number of hydrogen-bond acceptors (Lipinski definition) is 5. The van der Waals surface area contributed by atoms with Crippen molar-refractivity contribution < 1.29 is 14.4 Å². The average molecular weight is 327 g/mol. The van der Waals surface area contributed by atoms with Gasteiger partial charge in [0.2, 0.25) is 0 Å². The Kier molecular flexibility index (Phi) is 5.18. The zero-order valence-corrected chi connectivity index (χ0v) is 14.2. The number of para-hydroxylation sites is 1. The third-order valence-corrected chi connectivity index (χ3v) is 3.10. The molecule has 24 heavy (non-hydrogen) atoms. The van der Waals surface area contributed by atoms with E-state index in [1.54, 1.807) is 48.7 Å². The number of anilines is 2. The summed E-state index contributed by atoms with van der Waals surface area (Å²) in [6.45, 7) is 7.01. The zero-order chi connectivity index (χ0) is 17.7. The first-order valence-electron chi connectivity index (χ1n) is 7.59. The quantitative estimate of drug-likeness (QED) is 0.871. The highest BCUT2D eigenvalue weighted by atomic mass is 16.7. The van der Waals surface area contributed by atoms with E-state index in [9.17, 15) is 9.59 Å². The van der Waals surface area contributed by atoms with Crippen molar-refractivity contribution in [2.45, 2.75) is 33.2 Å². The number of amides is 1. The molecule has 0 aliphatic heterocycles. The number of hydroxylamine groups is 1. The Morgan fingerprint density at radius 1 is 1.08 bits per heavy atom. The van der Waals surface area contributed by atoms with Gasteiger partial charge in [0, 0.05) is 13.1 Å². The van der Waals surface area contributed by atoms with Gasteiger partial charge in [0.25, 0.3) is 5.91 Å². The molecule has 0 atom stereocenters. The third-order valence-electron chi connectivity index (χ3n) is 3.10. The zero-order valence-electron chi connectivity index (χ0n) is 14.2. The number of carbonyl (C=O) groups excluding carboxylic acids is 2. The Hall–Kier alpha value is -2.89. The molecular formula is C18H21N3O3. The van der Waals surface area contributed by atoms with Gasteiger partial charge < -0.3 is 10.2 Å². The van der Waals surface area contributed by atoms with Gasteiger partial charge in [-0.1, -0.05) is 18.2 Å². The minimum Gasteiger partial charge on any atom is -0.341 e. The molecule has 0 aliphatic rings. The van der Waals surface area contributed by atoms with Crippen molar-refractivity contribution in [2.24, 2.45) is 0 Å². The van der Waals surface area contributed by atoms with Crippen molar-refractivity contribution in [3.8, 4) is 0 Å². The maximum absolute atomic E-state index is 12.6. The number of rotatable bonds is 4. The molecule has 6 nitrogen and oxygen atoms in total. The summed E-state index contributed by atoms with van der Waals surface area (Å²) in [7, 11) is 0. The van der Waals surface area contributed by atoms with Crippen molar-refractivity contribution >= 4 is 23.4 Å². The summed E-state index contributed by atoms with van der Waals surface area (Å²) in [5, 5.41) is 4.19. The van der Waals surface area contributed by atoms with E-state index in [-0.39, 0.29) is 5.91 Å². The van der Waals surface area contributed by atoms with Crippen LogP contribution in [0.3, 0.4) is 0 Å². The summed E-state index contributed by atoms with van der Waals surface area (Å²) in [6, 6.07) is 12.2. The minimum atomic E-state index is -0.521. The van der Waals surface area contributed by atoms with Gasteiger partial charge in [-0.2, -0.15) is 0 Å². The fourth-order valence-electron chi connectivity index (χ4n) is 2.14. The van der Waals surface area contributed by atoms with Crippen LogP contribution in [0.4, 0.5) is 11.5 Å². The van der Waals surface area contributed by atoms with Crippen LogP contribution < -0.4 is 10.4 Å². The van der Waals surface area contributed by atoms with E-state index in [1.807, 2.05) is 20.8 Å². The maximum atomic E-state index is 12.6. The summed E-state index contributed by atoms with van der Waals surface area (Å²) in [5.74, 6) is -0.331. The summed E-state index contributed by atoms with van der Waals surface area (Å²) in [5.41, 5.74) is 0.375. The molecule has 0 spiro atoms. The second kappa shape index (κ2) is 7.12. The van der Waals surface area contributed by atoms with E-state index in [1.165, 1.54) is 12.0 Å². The molecule has 0 unspecified atom stereocenters. The lowest BCUT2D eigenvalue weighted by Gasteiger charge is -2.35. The molecule has 0 saturated carbocycles. The normalized spacial score (nSPS) is 10.8. The molecule has 2 aromatic rings. The van der Waals surface area contributed by atoms with Crippen molar-refractivity contribution in [1.82, 2.24) is 4.98 Å². The van der Waals surface area contributed by atoms with Crippen LogP contribution in [0.15, 0.2) is 48.7 Å². The Balaban J connectivity index is 2.38. The van der Waals surface area contributed by atoms with Crippen LogP contribution in [0, 0.1) is 0 Å². The molecule has 1 N–H and O–H groups in total. The predicted octanol–water partition coefficient (Wildman–Crippen LogP) is 3.42. The molecule has 2 rings (SSSR count). The number of carbonyl (C=O) groups is 2. The van der Waals surface area contributed by atoms with Gasteiger partial charge >= 0.3 is 5.97 Å². The van der Waals surface area contributed by atoms with Gasteiger partial charge in [-0.25, -0.2) is 10.0 Å². The van der Waals surface area contributed by atoms with E-state index in [0.717, 1.165) is 0 Å². The standard InChI is InChI=1S/C18H21N3O3/c1-13(22)24-21(18(2,3)4)15-10-6-5-9-14(15)17(23)20-16-11-7-8-12-19-16/h5-12H,1-4H3,(H,19,20,23). The average Bonchev–Trinajstić information content (AvgIpc) is 2.52. The summed E-state index contributed by atoms with van der Waals surface area (Å²) < 4.78 is 0. The number of pyridine rings is 1. The SMILES string of the molecule is CC(=O)ON(c1ccccc1C(=O)Nc1ccccn1)C(C)(C)C. The van der Waals surface area contributed by atoms with Crippen LogP contribution in [0.5, 0.6) is 0 Å². The van der Waals surface area contributed by atoms with E-state index in [0.29, 0.717) is 17.1 Å². The van der Waals surface area contributed by atoms with Crippen molar-refractivity contribution in [1.29, 1.82) is 0 Å². The summed E-state index contributed by atoms with van der Waals surface area (Å²) in [4.78, 5) is 33.5. The highest BCUT2D eigenvalue weighted by Gasteiger charge is 2.28. The Bertz CT molecular complexity index is 724. The molecule has 0 radical (unpaired) electrons. The van der Waals surface area contributed by atoms with Crippen molar-refractivity contribution in [2.75, 3.05) is 10.4 Å². The molecule has 0 fully saturated rings. The third kappa shape index (κ3) is 4.32. The minimum absolute atomic E-state index is 0.328. The van der Waals surface area contributed by atoms with Crippen LogP contribution in [0.25, 0.3) is 0 Å². The molecule has 1 amide bonds. The Morgan fingerprint density at radius 2 is 1.75 bits per heavy atom. The van der Waals surface area contributed by atoms with E-state index in [2.05, 4.69) is 10.3 Å². The predicted molar refractivity (Wildman–Crippen MR) is 92.6 cm³/mol. The molecule has 0 bridgehead atoms. The lowest BCUT2D eigenvalue weighted by molar-refractivity contribution is -0.144. The highest BCUT2D eigenvalue weighted by molar-refractivity contribution is 6.07. The molecule has 126 valence electrons. The number of nitrogens with zero attached hydrogens (tertiary/aromatic N) is 2. The molecule has 1 heterocycles. The van der Waals surface area contributed by atoms with Gasteiger partial charge in [-0.15, -0.1) is 0 Å². The number of nitrogens with one attached hydrogen (secondary N) is 1. The van der Waals surface area contributed by atoms with Crippen LogP contribution in [0.2, 0.25) is 0 Å². The van der Waals surface area contributed by atoms with Crippen LogP contribution >= 0.6 is 0 Å². The second-order valence-corrected chi connectivity index (χ2v) is 6.23. The topological polar surface area (TPSA) is 71.5 Å². The molecule has 1 aromatic carbocycles. The summed E-state index contributed by atoms with van der Waals surface area (Å²) >= 11 is 0. The van der Waals surface area contributed by atoms with E-state index in [4.69, 9.17) is 4.84 Å². The van der Waals surface area contributed by atoms with Crippen molar-refractivity contribution in [3.63, 3.8) is 0 Å². The molecule has 0 saturated heterocycles. The Morgan fingerprint density at radius 3 is 2.33 bits per heavy atom. The van der Waals surface area contributed by atoms with Crippen LogP contribution in [-0.4, -0.2) is 22.4 Å². The fourth-order valence-corrected chi connectivity index (χ4v) is 2.14. The van der Waals surface area contributed by atoms with E-state index < -0.39 is 11.5 Å². The molecule has 0 aliphatic carbocycles. The van der Waals surface area contributed by atoms with Gasteiger partial charge in [0.15, 0.2) is 0 Å².